The Morgan fingerprint density at radius 1 is 1.50 bits per heavy atom. The van der Waals surface area contributed by atoms with Gasteiger partial charge >= 0.3 is 5.69 Å². The monoisotopic (exact) mass is 290 g/mol. The predicted octanol–water partition coefficient (Wildman–Crippen LogP) is -0.0942. The van der Waals surface area contributed by atoms with Crippen molar-refractivity contribution in [1.29, 1.82) is 0 Å². The lowest BCUT2D eigenvalue weighted by atomic mass is 10.2. The van der Waals surface area contributed by atoms with Crippen LogP contribution in [0, 0.1) is 6.92 Å². The van der Waals surface area contributed by atoms with E-state index in [2.05, 4.69) is 0 Å². The van der Waals surface area contributed by atoms with Crippen LogP contribution >= 0.6 is 0 Å². The first-order chi connectivity index (χ1) is 9.49. The van der Waals surface area contributed by atoms with Gasteiger partial charge in [0.1, 0.15) is 12.8 Å². The van der Waals surface area contributed by atoms with Crippen molar-refractivity contribution in [3.05, 3.63) is 32.6 Å². The van der Waals surface area contributed by atoms with Crippen LogP contribution in [0.2, 0.25) is 0 Å². The predicted molar refractivity (Wildman–Crippen MR) is 66.2 cm³/mol. The van der Waals surface area contributed by atoms with Crippen LogP contribution in [0.3, 0.4) is 0 Å². The molecule has 1 aromatic rings. The lowest BCUT2D eigenvalue weighted by Crippen LogP contribution is -2.43. The fraction of sp³-hybridized carbons (Fsp3) is 0.667. The highest BCUT2D eigenvalue weighted by molar-refractivity contribution is 5.04. The second-order valence-corrected chi connectivity index (χ2v) is 4.73. The molecule has 1 aromatic heterocycles. The fourth-order valence-electron chi connectivity index (χ4n) is 2.29. The van der Waals surface area contributed by atoms with E-state index in [1.807, 2.05) is 0 Å². The summed E-state index contributed by atoms with van der Waals surface area (Å²) in [6.07, 6.45) is -2.19. The first-order valence-electron chi connectivity index (χ1n) is 6.28. The standard InChI is InChI=1S/C12H16F2N2O4/c1-7-5-16(11-9(14)4-8(6-17)20-11)12(19)15(3-2-13)10(7)18/h5,8-9,11,17H,2-4,6H2,1H3/t8-,9?,11+/m0/s1. The summed E-state index contributed by atoms with van der Waals surface area (Å²) < 4.78 is 33.2. The number of alkyl halides is 2. The topological polar surface area (TPSA) is 73.5 Å². The number of aryl methyl sites for hydroxylation is 1. The summed E-state index contributed by atoms with van der Waals surface area (Å²) in [5, 5.41) is 8.97. The van der Waals surface area contributed by atoms with Gasteiger partial charge in [0, 0.05) is 18.2 Å². The second-order valence-electron chi connectivity index (χ2n) is 4.73. The summed E-state index contributed by atoms with van der Waals surface area (Å²) in [6, 6.07) is 0. The summed E-state index contributed by atoms with van der Waals surface area (Å²) >= 11 is 0. The van der Waals surface area contributed by atoms with Crippen LogP contribution in [-0.2, 0) is 11.3 Å². The zero-order valence-electron chi connectivity index (χ0n) is 11.0. The number of halogens is 2. The van der Waals surface area contributed by atoms with Crippen molar-refractivity contribution in [2.75, 3.05) is 13.3 Å². The summed E-state index contributed by atoms with van der Waals surface area (Å²) in [6.45, 7) is -0.150. The van der Waals surface area contributed by atoms with Crippen molar-refractivity contribution >= 4 is 0 Å². The first-order valence-corrected chi connectivity index (χ1v) is 6.28. The summed E-state index contributed by atoms with van der Waals surface area (Å²) in [5.74, 6) is 0. The summed E-state index contributed by atoms with van der Waals surface area (Å²) in [5.41, 5.74) is -1.22. The highest BCUT2D eigenvalue weighted by atomic mass is 19.1. The van der Waals surface area contributed by atoms with Gasteiger partial charge in [-0.05, 0) is 6.92 Å². The molecule has 0 amide bonds. The number of hydrogen-bond acceptors (Lipinski definition) is 4. The molecule has 1 saturated heterocycles. The normalized spacial score (nSPS) is 26.1. The molecule has 1 N–H and O–H groups in total. The SMILES string of the molecule is Cc1cn([C@@H]2O[C@H](CO)CC2F)c(=O)n(CCF)c1=O. The van der Waals surface area contributed by atoms with Crippen LogP contribution in [0.25, 0.3) is 0 Å². The number of hydrogen-bond donors (Lipinski definition) is 1. The van der Waals surface area contributed by atoms with Gasteiger partial charge in [-0.3, -0.25) is 13.9 Å². The van der Waals surface area contributed by atoms with Gasteiger partial charge in [-0.15, -0.1) is 0 Å². The molecule has 0 aromatic carbocycles. The molecule has 6 nitrogen and oxygen atoms in total. The van der Waals surface area contributed by atoms with Crippen LogP contribution in [0.4, 0.5) is 8.78 Å². The molecule has 1 aliphatic heterocycles. The Morgan fingerprint density at radius 2 is 2.20 bits per heavy atom. The Labute approximate surface area is 113 Å². The lowest BCUT2D eigenvalue weighted by Gasteiger charge is -2.18. The van der Waals surface area contributed by atoms with Gasteiger partial charge < -0.3 is 9.84 Å². The smallest absolute Gasteiger partial charge is 0.333 e. The molecule has 0 spiro atoms. The minimum Gasteiger partial charge on any atom is -0.394 e. The molecular formula is C12H16F2N2O4. The summed E-state index contributed by atoms with van der Waals surface area (Å²) in [4.78, 5) is 23.9. The molecule has 8 heteroatoms. The van der Waals surface area contributed by atoms with Crippen LogP contribution in [0.5, 0.6) is 0 Å². The molecule has 1 fully saturated rings. The number of nitrogens with zero attached hydrogens (tertiary/aromatic N) is 2. The Kier molecular flexibility index (Phi) is 4.34. The number of ether oxygens (including phenoxy) is 1. The number of aliphatic hydroxyl groups is 1. The number of aromatic nitrogens is 2. The van der Waals surface area contributed by atoms with Crippen LogP contribution in [-0.4, -0.2) is 39.8 Å². The lowest BCUT2D eigenvalue weighted by molar-refractivity contribution is -0.0402. The highest BCUT2D eigenvalue weighted by Crippen LogP contribution is 2.30. The quantitative estimate of drug-likeness (QED) is 0.841. The van der Waals surface area contributed by atoms with Gasteiger partial charge in [-0.25, -0.2) is 13.6 Å². The molecule has 112 valence electrons. The van der Waals surface area contributed by atoms with E-state index in [4.69, 9.17) is 9.84 Å². The zero-order valence-corrected chi connectivity index (χ0v) is 11.0. The molecule has 0 radical (unpaired) electrons. The van der Waals surface area contributed by atoms with E-state index < -0.39 is 36.4 Å². The third-order valence-electron chi connectivity index (χ3n) is 3.28. The largest absolute Gasteiger partial charge is 0.394 e. The molecule has 0 aliphatic carbocycles. The maximum Gasteiger partial charge on any atom is 0.333 e. The molecule has 1 unspecified atom stereocenters. The van der Waals surface area contributed by atoms with E-state index in [1.54, 1.807) is 0 Å². The molecule has 1 aliphatic rings. The maximum absolute atomic E-state index is 13.9. The van der Waals surface area contributed by atoms with Crippen molar-refractivity contribution in [3.63, 3.8) is 0 Å². The number of rotatable bonds is 4. The Bertz CT molecular complexity index is 598. The van der Waals surface area contributed by atoms with Crippen molar-refractivity contribution in [3.8, 4) is 0 Å². The Hall–Kier alpha value is -1.54. The van der Waals surface area contributed by atoms with Gasteiger partial charge in [-0.2, -0.15) is 0 Å². The van der Waals surface area contributed by atoms with Gasteiger partial charge in [0.15, 0.2) is 6.23 Å². The van der Waals surface area contributed by atoms with Crippen LogP contribution in [0.1, 0.15) is 18.2 Å². The molecule has 2 heterocycles. The van der Waals surface area contributed by atoms with E-state index in [9.17, 15) is 18.4 Å². The minimum atomic E-state index is -1.47. The van der Waals surface area contributed by atoms with E-state index in [-0.39, 0.29) is 25.1 Å². The average Bonchev–Trinajstić information content (AvgIpc) is 2.80. The van der Waals surface area contributed by atoms with Crippen molar-refractivity contribution < 1.29 is 18.6 Å². The highest BCUT2D eigenvalue weighted by Gasteiger charge is 2.37. The molecule has 20 heavy (non-hydrogen) atoms. The summed E-state index contributed by atoms with van der Waals surface area (Å²) in [7, 11) is 0. The third kappa shape index (κ3) is 2.53. The third-order valence-corrected chi connectivity index (χ3v) is 3.28. The van der Waals surface area contributed by atoms with E-state index in [0.717, 1.165) is 9.13 Å². The van der Waals surface area contributed by atoms with Crippen LogP contribution in [0.15, 0.2) is 15.8 Å². The van der Waals surface area contributed by atoms with E-state index in [1.165, 1.54) is 13.1 Å². The molecular weight excluding hydrogens is 274 g/mol. The van der Waals surface area contributed by atoms with Crippen LogP contribution < -0.4 is 11.2 Å². The van der Waals surface area contributed by atoms with Gasteiger partial charge in [0.25, 0.3) is 5.56 Å². The first kappa shape index (κ1) is 14.9. The van der Waals surface area contributed by atoms with Gasteiger partial charge in [-0.1, -0.05) is 0 Å². The van der Waals surface area contributed by atoms with Crippen molar-refractivity contribution in [1.82, 2.24) is 9.13 Å². The minimum absolute atomic E-state index is 0.0328. The van der Waals surface area contributed by atoms with Gasteiger partial charge in [0.05, 0.1) is 19.3 Å². The van der Waals surface area contributed by atoms with Gasteiger partial charge in [0.2, 0.25) is 0 Å². The zero-order chi connectivity index (χ0) is 14.9. The maximum atomic E-state index is 13.9. The molecule has 0 saturated carbocycles. The van der Waals surface area contributed by atoms with E-state index >= 15 is 0 Å². The van der Waals surface area contributed by atoms with Crippen molar-refractivity contribution in [2.24, 2.45) is 0 Å². The second kappa shape index (κ2) is 5.84. The fourth-order valence-corrected chi connectivity index (χ4v) is 2.29. The molecule has 0 bridgehead atoms. The molecule has 3 atom stereocenters. The average molecular weight is 290 g/mol. The Morgan fingerprint density at radius 3 is 2.75 bits per heavy atom. The number of aliphatic hydroxyl groups excluding tert-OH is 1. The van der Waals surface area contributed by atoms with Crippen molar-refractivity contribution in [2.45, 2.75) is 38.4 Å². The Balaban J connectivity index is 2.48. The molecule has 2 rings (SSSR count). The van der Waals surface area contributed by atoms with E-state index in [0.29, 0.717) is 0 Å².